The Morgan fingerprint density at radius 2 is 1.92 bits per heavy atom. The summed E-state index contributed by atoms with van der Waals surface area (Å²) in [5.74, 6) is 0.326. The molecule has 0 saturated heterocycles. The average Bonchev–Trinajstić information content (AvgIpc) is 1.95. The molecule has 1 N–H and O–H groups in total. The molecular formula is C10H21NO. The Morgan fingerprint density at radius 3 is 2.33 bits per heavy atom. The Kier molecular flexibility index (Phi) is 5.14. The van der Waals surface area contributed by atoms with E-state index in [0.29, 0.717) is 18.7 Å². The van der Waals surface area contributed by atoms with Crippen LogP contribution < -0.4 is 5.32 Å². The predicted octanol–water partition coefficient (Wildman–Crippen LogP) is 1.99. The molecule has 0 saturated carbocycles. The highest BCUT2D eigenvalue weighted by Gasteiger charge is 2.12. The van der Waals surface area contributed by atoms with E-state index in [4.69, 9.17) is 0 Å². The fraction of sp³-hybridized carbons (Fsp3) is 0.900. The number of hydrogen-bond acceptors (Lipinski definition) is 2. The molecule has 0 radical (unpaired) electrons. The fourth-order valence-corrected chi connectivity index (χ4v) is 0.867. The van der Waals surface area contributed by atoms with Gasteiger partial charge in [-0.25, -0.2) is 0 Å². The molecule has 0 aromatic carbocycles. The minimum Gasteiger partial charge on any atom is -0.310 e. The molecule has 0 rings (SSSR count). The molecule has 0 aliphatic heterocycles. The molecule has 0 aromatic heterocycles. The van der Waals surface area contributed by atoms with Crippen LogP contribution in [-0.2, 0) is 4.79 Å². The van der Waals surface area contributed by atoms with Gasteiger partial charge < -0.3 is 5.32 Å². The van der Waals surface area contributed by atoms with E-state index >= 15 is 0 Å². The summed E-state index contributed by atoms with van der Waals surface area (Å²) in [6.45, 7) is 9.90. The molecule has 0 aliphatic carbocycles. The zero-order valence-electron chi connectivity index (χ0n) is 8.74. The molecule has 0 amide bonds. The lowest BCUT2D eigenvalue weighted by atomic mass is 9.89. The summed E-state index contributed by atoms with van der Waals surface area (Å²) in [6, 6.07) is 0. The normalized spacial score (nSPS) is 11.7. The number of carbonyl (C=O) groups excluding carboxylic acids is 1. The standard InChI is InChI=1S/C10H21NO/c1-5-11-8-9(12)6-7-10(2,3)4/h11H,5-8H2,1-4H3. The van der Waals surface area contributed by atoms with Crippen molar-refractivity contribution in [3.8, 4) is 0 Å². The molecule has 0 unspecified atom stereocenters. The van der Waals surface area contributed by atoms with Gasteiger partial charge in [-0.1, -0.05) is 27.7 Å². The maximum Gasteiger partial charge on any atom is 0.146 e. The lowest BCUT2D eigenvalue weighted by Crippen LogP contribution is -2.23. The molecule has 2 heteroatoms. The van der Waals surface area contributed by atoms with Crippen LogP contribution in [0.2, 0.25) is 0 Å². The zero-order valence-corrected chi connectivity index (χ0v) is 8.74. The van der Waals surface area contributed by atoms with Gasteiger partial charge in [-0.2, -0.15) is 0 Å². The van der Waals surface area contributed by atoms with Crippen molar-refractivity contribution in [2.24, 2.45) is 5.41 Å². The summed E-state index contributed by atoms with van der Waals surface area (Å²) < 4.78 is 0. The van der Waals surface area contributed by atoms with Crippen molar-refractivity contribution < 1.29 is 4.79 Å². The number of ketones is 1. The van der Waals surface area contributed by atoms with Gasteiger partial charge >= 0.3 is 0 Å². The first-order valence-electron chi connectivity index (χ1n) is 4.68. The highest BCUT2D eigenvalue weighted by atomic mass is 16.1. The van der Waals surface area contributed by atoms with Crippen LogP contribution in [0.4, 0.5) is 0 Å². The third kappa shape index (κ3) is 7.73. The third-order valence-corrected chi connectivity index (χ3v) is 1.73. The molecule has 0 heterocycles. The minimum absolute atomic E-state index is 0.280. The summed E-state index contributed by atoms with van der Waals surface area (Å²) in [7, 11) is 0. The Labute approximate surface area is 75.7 Å². The van der Waals surface area contributed by atoms with Gasteiger partial charge in [0.25, 0.3) is 0 Å². The lowest BCUT2D eigenvalue weighted by Gasteiger charge is -2.16. The van der Waals surface area contributed by atoms with Crippen molar-refractivity contribution >= 4 is 5.78 Å². The Hall–Kier alpha value is -0.370. The van der Waals surface area contributed by atoms with Gasteiger partial charge in [0.15, 0.2) is 0 Å². The lowest BCUT2D eigenvalue weighted by molar-refractivity contribution is -0.118. The molecular weight excluding hydrogens is 150 g/mol. The van der Waals surface area contributed by atoms with Gasteiger partial charge in [0.05, 0.1) is 6.54 Å². The van der Waals surface area contributed by atoms with Crippen LogP contribution in [-0.4, -0.2) is 18.9 Å². The van der Waals surface area contributed by atoms with Crippen molar-refractivity contribution in [2.75, 3.05) is 13.1 Å². The van der Waals surface area contributed by atoms with Crippen molar-refractivity contribution in [1.82, 2.24) is 5.32 Å². The molecule has 0 bridgehead atoms. The SMILES string of the molecule is CCNCC(=O)CCC(C)(C)C. The van der Waals surface area contributed by atoms with Crippen molar-refractivity contribution in [3.05, 3.63) is 0 Å². The van der Waals surface area contributed by atoms with E-state index in [1.54, 1.807) is 0 Å². The predicted molar refractivity (Wildman–Crippen MR) is 52.2 cm³/mol. The zero-order chi connectivity index (χ0) is 9.61. The maximum absolute atomic E-state index is 11.2. The molecule has 0 atom stereocenters. The summed E-state index contributed by atoms with van der Waals surface area (Å²) in [6.07, 6.45) is 1.69. The van der Waals surface area contributed by atoms with Gasteiger partial charge in [0, 0.05) is 6.42 Å². The Morgan fingerprint density at radius 1 is 1.33 bits per heavy atom. The highest BCUT2D eigenvalue weighted by molar-refractivity contribution is 5.80. The Bertz CT molecular complexity index is 135. The quantitative estimate of drug-likeness (QED) is 0.685. The second-order valence-electron chi connectivity index (χ2n) is 4.38. The van der Waals surface area contributed by atoms with Crippen molar-refractivity contribution in [1.29, 1.82) is 0 Å². The number of likely N-dealkylation sites (N-methyl/N-ethyl adjacent to an activating group) is 1. The molecule has 0 aliphatic rings. The van der Waals surface area contributed by atoms with Crippen LogP contribution in [0.3, 0.4) is 0 Å². The number of nitrogens with one attached hydrogen (secondary N) is 1. The summed E-state index contributed by atoms with van der Waals surface area (Å²) in [5.41, 5.74) is 0.280. The first kappa shape index (κ1) is 11.6. The number of carbonyl (C=O) groups is 1. The van der Waals surface area contributed by atoms with Gasteiger partial charge in [-0.05, 0) is 18.4 Å². The first-order valence-corrected chi connectivity index (χ1v) is 4.68. The van der Waals surface area contributed by atoms with Gasteiger partial charge in [-0.3, -0.25) is 4.79 Å². The molecule has 0 aromatic rings. The molecule has 72 valence electrons. The highest BCUT2D eigenvalue weighted by Crippen LogP contribution is 2.20. The maximum atomic E-state index is 11.2. The van der Waals surface area contributed by atoms with Crippen LogP contribution in [0.15, 0.2) is 0 Å². The van der Waals surface area contributed by atoms with Gasteiger partial charge in [0.1, 0.15) is 5.78 Å². The summed E-state index contributed by atoms with van der Waals surface area (Å²) in [4.78, 5) is 11.2. The van der Waals surface area contributed by atoms with Crippen LogP contribution in [0.1, 0.15) is 40.5 Å². The van der Waals surface area contributed by atoms with E-state index in [9.17, 15) is 4.79 Å². The van der Waals surface area contributed by atoms with E-state index < -0.39 is 0 Å². The van der Waals surface area contributed by atoms with Crippen LogP contribution >= 0.6 is 0 Å². The van der Waals surface area contributed by atoms with Crippen LogP contribution in [0.25, 0.3) is 0 Å². The Balaban J connectivity index is 3.44. The van der Waals surface area contributed by atoms with E-state index in [1.807, 2.05) is 6.92 Å². The van der Waals surface area contributed by atoms with Crippen LogP contribution in [0, 0.1) is 5.41 Å². The molecule has 2 nitrogen and oxygen atoms in total. The molecule has 0 fully saturated rings. The van der Waals surface area contributed by atoms with E-state index in [2.05, 4.69) is 26.1 Å². The molecule has 0 spiro atoms. The summed E-state index contributed by atoms with van der Waals surface area (Å²) in [5, 5.41) is 3.03. The third-order valence-electron chi connectivity index (χ3n) is 1.73. The first-order chi connectivity index (χ1) is 5.45. The number of hydrogen-bond donors (Lipinski definition) is 1. The summed E-state index contributed by atoms with van der Waals surface area (Å²) >= 11 is 0. The van der Waals surface area contributed by atoms with E-state index in [1.165, 1.54) is 0 Å². The van der Waals surface area contributed by atoms with Crippen molar-refractivity contribution in [2.45, 2.75) is 40.5 Å². The second kappa shape index (κ2) is 5.31. The second-order valence-corrected chi connectivity index (χ2v) is 4.38. The largest absolute Gasteiger partial charge is 0.310 e. The molecule has 12 heavy (non-hydrogen) atoms. The number of Topliss-reactive ketones (excluding diaryl/α,β-unsaturated/α-hetero) is 1. The van der Waals surface area contributed by atoms with Gasteiger partial charge in [-0.15, -0.1) is 0 Å². The average molecular weight is 171 g/mol. The topological polar surface area (TPSA) is 29.1 Å². The van der Waals surface area contributed by atoms with Crippen molar-refractivity contribution in [3.63, 3.8) is 0 Å². The smallest absolute Gasteiger partial charge is 0.146 e. The van der Waals surface area contributed by atoms with Crippen LogP contribution in [0.5, 0.6) is 0 Å². The minimum atomic E-state index is 0.280. The van der Waals surface area contributed by atoms with E-state index in [0.717, 1.165) is 13.0 Å². The van der Waals surface area contributed by atoms with Gasteiger partial charge in [0.2, 0.25) is 0 Å². The monoisotopic (exact) mass is 171 g/mol. The van der Waals surface area contributed by atoms with E-state index in [-0.39, 0.29) is 5.41 Å². The fourth-order valence-electron chi connectivity index (χ4n) is 0.867. The number of rotatable bonds is 5.